The first-order valence-corrected chi connectivity index (χ1v) is 7.21. The van der Waals surface area contributed by atoms with Gasteiger partial charge in [-0.05, 0) is 41.1 Å². The molecule has 0 aliphatic heterocycles. The number of aromatic nitrogens is 2. The smallest absolute Gasteiger partial charge is 0.268 e. The number of nitro groups is 1. The summed E-state index contributed by atoms with van der Waals surface area (Å²) < 4.78 is 1.90. The Hall–Kier alpha value is -2.54. The summed E-state index contributed by atoms with van der Waals surface area (Å²) >= 11 is 3.29. The fourth-order valence-electron chi connectivity index (χ4n) is 2.32. The van der Waals surface area contributed by atoms with Gasteiger partial charge < -0.3 is 0 Å². The fraction of sp³-hybridized carbons (Fsp3) is 0.0667. The van der Waals surface area contributed by atoms with Crippen LogP contribution in [0.4, 0.5) is 5.69 Å². The van der Waals surface area contributed by atoms with E-state index in [0.717, 1.165) is 0 Å². The molecule has 22 heavy (non-hydrogen) atoms. The van der Waals surface area contributed by atoms with Gasteiger partial charge >= 0.3 is 0 Å². The van der Waals surface area contributed by atoms with E-state index in [1.807, 2.05) is 6.07 Å². The molecule has 0 N–H and O–H groups in total. The molecule has 6 nitrogen and oxygen atoms in total. The van der Waals surface area contributed by atoms with Crippen LogP contribution in [0, 0.1) is 17.0 Å². The molecular formula is C15H10BrN3O3. The highest BCUT2D eigenvalue weighted by atomic mass is 79.9. The zero-order chi connectivity index (χ0) is 15.9. The molecule has 2 aromatic carbocycles. The number of benzene rings is 2. The first-order chi connectivity index (χ1) is 10.5. The predicted molar refractivity (Wildman–Crippen MR) is 86.4 cm³/mol. The molecule has 0 saturated heterocycles. The van der Waals surface area contributed by atoms with Gasteiger partial charge in [0.05, 0.1) is 21.5 Å². The monoisotopic (exact) mass is 359 g/mol. The van der Waals surface area contributed by atoms with Gasteiger partial charge in [0.15, 0.2) is 0 Å². The van der Waals surface area contributed by atoms with E-state index in [1.165, 1.54) is 22.8 Å². The van der Waals surface area contributed by atoms with Crippen LogP contribution in [0.1, 0.15) is 5.82 Å². The predicted octanol–water partition coefficient (Wildman–Crippen LogP) is 3.36. The van der Waals surface area contributed by atoms with Crippen molar-refractivity contribution in [3.63, 3.8) is 0 Å². The Labute approximate surface area is 133 Å². The van der Waals surface area contributed by atoms with E-state index in [4.69, 9.17) is 0 Å². The lowest BCUT2D eigenvalue weighted by Crippen LogP contribution is -2.22. The van der Waals surface area contributed by atoms with E-state index in [0.29, 0.717) is 26.9 Å². The summed E-state index contributed by atoms with van der Waals surface area (Å²) in [6.45, 7) is 1.72. The molecule has 0 aliphatic carbocycles. The van der Waals surface area contributed by atoms with Crippen LogP contribution in [0.2, 0.25) is 0 Å². The van der Waals surface area contributed by atoms with Crippen molar-refractivity contribution in [2.75, 3.05) is 0 Å². The van der Waals surface area contributed by atoms with E-state index in [2.05, 4.69) is 20.9 Å². The highest BCUT2D eigenvalue weighted by molar-refractivity contribution is 9.10. The van der Waals surface area contributed by atoms with Gasteiger partial charge in [-0.3, -0.25) is 19.5 Å². The number of nitro benzene ring substituents is 1. The van der Waals surface area contributed by atoms with Crippen LogP contribution in [-0.2, 0) is 0 Å². The lowest BCUT2D eigenvalue weighted by molar-refractivity contribution is -0.384. The first-order valence-electron chi connectivity index (χ1n) is 6.42. The molecular weight excluding hydrogens is 350 g/mol. The molecule has 0 spiro atoms. The minimum atomic E-state index is -0.483. The molecule has 1 heterocycles. The summed E-state index contributed by atoms with van der Waals surface area (Å²) in [7, 11) is 0. The topological polar surface area (TPSA) is 78.0 Å². The normalized spacial score (nSPS) is 10.8. The Morgan fingerprint density at radius 2 is 1.95 bits per heavy atom. The van der Waals surface area contributed by atoms with E-state index in [-0.39, 0.29) is 11.2 Å². The zero-order valence-corrected chi connectivity index (χ0v) is 13.1. The second-order valence-corrected chi connectivity index (χ2v) is 5.56. The quantitative estimate of drug-likeness (QED) is 0.519. The molecule has 0 aliphatic rings. The van der Waals surface area contributed by atoms with Crippen LogP contribution < -0.4 is 5.56 Å². The molecule has 3 aromatic rings. The van der Waals surface area contributed by atoms with Crippen LogP contribution in [0.15, 0.2) is 51.7 Å². The maximum absolute atomic E-state index is 12.7. The number of aryl methyl sites for hydroxylation is 1. The second kappa shape index (κ2) is 5.34. The fourth-order valence-corrected chi connectivity index (χ4v) is 2.86. The molecule has 0 radical (unpaired) electrons. The third-order valence-electron chi connectivity index (χ3n) is 3.33. The number of para-hydroxylation sites is 1. The molecule has 0 bridgehead atoms. The van der Waals surface area contributed by atoms with Gasteiger partial charge in [-0.25, -0.2) is 4.98 Å². The van der Waals surface area contributed by atoms with Crippen molar-refractivity contribution in [2.45, 2.75) is 6.92 Å². The average Bonchev–Trinajstić information content (AvgIpc) is 2.48. The van der Waals surface area contributed by atoms with Gasteiger partial charge in [0.1, 0.15) is 5.82 Å². The summed E-state index contributed by atoms with van der Waals surface area (Å²) in [6, 6.07) is 11.3. The Bertz CT molecular complexity index is 966. The summed E-state index contributed by atoms with van der Waals surface area (Å²) in [4.78, 5) is 27.4. The molecule has 0 fully saturated rings. The minimum Gasteiger partial charge on any atom is -0.268 e. The van der Waals surface area contributed by atoms with Crippen molar-refractivity contribution < 1.29 is 4.92 Å². The lowest BCUT2D eigenvalue weighted by atomic mass is 10.2. The number of hydrogen-bond donors (Lipinski definition) is 0. The van der Waals surface area contributed by atoms with E-state index in [9.17, 15) is 14.9 Å². The molecule has 0 amide bonds. The van der Waals surface area contributed by atoms with Crippen molar-refractivity contribution in [1.82, 2.24) is 9.55 Å². The SMILES string of the molecule is Cc1nc2ccccc2c(=O)n1-c1ccc([N+](=O)[O-])cc1Br. The second-order valence-electron chi connectivity index (χ2n) is 4.71. The Balaban J connectivity index is 2.31. The number of hydrogen-bond acceptors (Lipinski definition) is 4. The molecule has 7 heteroatoms. The van der Waals surface area contributed by atoms with Crippen LogP contribution in [0.5, 0.6) is 0 Å². The van der Waals surface area contributed by atoms with Crippen molar-refractivity contribution in [2.24, 2.45) is 0 Å². The van der Waals surface area contributed by atoms with E-state index in [1.54, 1.807) is 25.1 Å². The number of non-ortho nitro benzene ring substituents is 1. The lowest BCUT2D eigenvalue weighted by Gasteiger charge is -2.12. The standard InChI is InChI=1S/C15H10BrN3O3/c1-9-17-13-5-3-2-4-11(13)15(20)18(9)14-7-6-10(19(21)22)8-12(14)16/h2-8H,1H3. The number of nitrogens with zero attached hydrogens (tertiary/aromatic N) is 3. The minimum absolute atomic E-state index is 0.0462. The van der Waals surface area contributed by atoms with Crippen LogP contribution in [0.25, 0.3) is 16.6 Å². The van der Waals surface area contributed by atoms with Gasteiger partial charge in [-0.15, -0.1) is 0 Å². The van der Waals surface area contributed by atoms with Crippen molar-refractivity contribution >= 4 is 32.5 Å². The third kappa shape index (κ3) is 2.29. The van der Waals surface area contributed by atoms with Gasteiger partial charge in [0.2, 0.25) is 0 Å². The highest BCUT2D eigenvalue weighted by Crippen LogP contribution is 2.26. The molecule has 0 saturated carbocycles. The van der Waals surface area contributed by atoms with Crippen molar-refractivity contribution in [1.29, 1.82) is 0 Å². The summed E-state index contributed by atoms with van der Waals surface area (Å²) in [6.07, 6.45) is 0. The molecule has 1 aromatic heterocycles. The molecule has 3 rings (SSSR count). The molecule has 110 valence electrons. The third-order valence-corrected chi connectivity index (χ3v) is 3.96. The zero-order valence-electron chi connectivity index (χ0n) is 11.5. The maximum Gasteiger partial charge on any atom is 0.270 e. The van der Waals surface area contributed by atoms with Gasteiger partial charge in [0, 0.05) is 16.6 Å². The Kier molecular flexibility index (Phi) is 3.50. The van der Waals surface area contributed by atoms with Gasteiger partial charge in [-0.2, -0.15) is 0 Å². The molecule has 0 atom stereocenters. The summed E-state index contributed by atoms with van der Waals surface area (Å²) in [5.74, 6) is 0.512. The molecule has 0 unspecified atom stereocenters. The van der Waals surface area contributed by atoms with Gasteiger partial charge in [-0.1, -0.05) is 12.1 Å². The Morgan fingerprint density at radius 1 is 1.23 bits per heavy atom. The Morgan fingerprint density at radius 3 is 2.64 bits per heavy atom. The summed E-state index contributed by atoms with van der Waals surface area (Å²) in [5, 5.41) is 11.3. The average molecular weight is 360 g/mol. The van der Waals surface area contributed by atoms with Crippen LogP contribution >= 0.6 is 15.9 Å². The van der Waals surface area contributed by atoms with Crippen LogP contribution in [-0.4, -0.2) is 14.5 Å². The van der Waals surface area contributed by atoms with Crippen molar-refractivity contribution in [3.8, 4) is 5.69 Å². The largest absolute Gasteiger partial charge is 0.270 e. The summed E-state index contributed by atoms with van der Waals surface area (Å²) in [5.41, 5.74) is 0.887. The number of rotatable bonds is 2. The maximum atomic E-state index is 12.7. The highest BCUT2D eigenvalue weighted by Gasteiger charge is 2.15. The van der Waals surface area contributed by atoms with E-state index >= 15 is 0 Å². The number of fused-ring (bicyclic) bond motifs is 1. The first kappa shape index (κ1) is 14.4. The number of halogens is 1. The van der Waals surface area contributed by atoms with Crippen molar-refractivity contribution in [3.05, 3.63) is 73.2 Å². The van der Waals surface area contributed by atoms with E-state index < -0.39 is 4.92 Å². The van der Waals surface area contributed by atoms with Crippen LogP contribution in [0.3, 0.4) is 0 Å². The van der Waals surface area contributed by atoms with Gasteiger partial charge in [0.25, 0.3) is 11.2 Å².